The molecule has 0 saturated carbocycles. The molecule has 2 N–H and O–H groups in total. The number of nitrogens with one attached hydrogen (secondary N) is 2. The Labute approximate surface area is 155 Å². The van der Waals surface area contributed by atoms with Crippen LogP contribution < -0.4 is 15.5 Å². The third-order valence-corrected chi connectivity index (χ3v) is 4.85. The van der Waals surface area contributed by atoms with Crippen LogP contribution in [0.15, 0.2) is 41.0 Å². The lowest BCUT2D eigenvalue weighted by Gasteiger charge is -2.23. The largest absolute Gasteiger partial charge is 0.468 e. The number of carbonyl (C=O) groups is 1. The molecule has 0 radical (unpaired) electrons. The van der Waals surface area contributed by atoms with Crippen LogP contribution in [0, 0.1) is 6.92 Å². The van der Waals surface area contributed by atoms with E-state index in [-0.39, 0.29) is 12.1 Å². The summed E-state index contributed by atoms with van der Waals surface area (Å²) in [5, 5.41) is 5.85. The van der Waals surface area contributed by atoms with Crippen LogP contribution in [-0.4, -0.2) is 44.7 Å². The summed E-state index contributed by atoms with van der Waals surface area (Å²) in [4.78, 5) is 16.7. The highest BCUT2D eigenvalue weighted by Gasteiger charge is 2.18. The molecule has 1 aromatic carbocycles. The second kappa shape index (κ2) is 8.27. The molecule has 1 aromatic heterocycles. The van der Waals surface area contributed by atoms with Crippen molar-refractivity contribution in [3.63, 3.8) is 0 Å². The van der Waals surface area contributed by atoms with Crippen molar-refractivity contribution >= 4 is 17.4 Å². The zero-order valence-corrected chi connectivity index (χ0v) is 15.8. The number of furan rings is 1. The van der Waals surface area contributed by atoms with Gasteiger partial charge in [0.05, 0.1) is 12.3 Å². The molecule has 6 heteroatoms. The Morgan fingerprint density at radius 3 is 2.65 bits per heavy atom. The van der Waals surface area contributed by atoms with Crippen molar-refractivity contribution in [2.75, 3.05) is 43.9 Å². The van der Waals surface area contributed by atoms with Gasteiger partial charge in [-0.15, -0.1) is 0 Å². The molecule has 2 amide bonds. The molecular formula is C20H28N4O2. The number of hydrogen-bond donors (Lipinski definition) is 2. The van der Waals surface area contributed by atoms with Crippen LogP contribution in [-0.2, 0) is 0 Å². The highest BCUT2D eigenvalue weighted by Crippen LogP contribution is 2.26. The zero-order valence-electron chi connectivity index (χ0n) is 15.8. The Morgan fingerprint density at radius 1 is 1.27 bits per heavy atom. The molecule has 2 aromatic rings. The van der Waals surface area contributed by atoms with Gasteiger partial charge in [0.2, 0.25) is 0 Å². The van der Waals surface area contributed by atoms with Crippen molar-refractivity contribution in [1.29, 1.82) is 0 Å². The minimum Gasteiger partial charge on any atom is -0.468 e. The van der Waals surface area contributed by atoms with Crippen molar-refractivity contribution in [3.8, 4) is 0 Å². The monoisotopic (exact) mass is 356 g/mol. The van der Waals surface area contributed by atoms with Gasteiger partial charge in [0, 0.05) is 31.0 Å². The fourth-order valence-electron chi connectivity index (χ4n) is 3.43. The minimum absolute atomic E-state index is 0.00460. The predicted molar refractivity (Wildman–Crippen MR) is 105 cm³/mol. The fourth-order valence-corrected chi connectivity index (χ4v) is 3.43. The first-order valence-electron chi connectivity index (χ1n) is 9.15. The molecule has 6 nitrogen and oxygen atoms in total. The summed E-state index contributed by atoms with van der Waals surface area (Å²) in [7, 11) is 3.93. The molecule has 2 heterocycles. The van der Waals surface area contributed by atoms with Crippen LogP contribution in [0.1, 0.15) is 30.2 Å². The van der Waals surface area contributed by atoms with Crippen molar-refractivity contribution in [1.82, 2.24) is 10.2 Å². The number of amides is 2. The molecule has 0 spiro atoms. The molecule has 1 atom stereocenters. The Balaban J connectivity index is 1.56. The van der Waals surface area contributed by atoms with Gasteiger partial charge in [-0.25, -0.2) is 4.79 Å². The van der Waals surface area contributed by atoms with Crippen LogP contribution in [0.25, 0.3) is 0 Å². The fraction of sp³-hybridized carbons (Fsp3) is 0.450. The average molecular weight is 356 g/mol. The van der Waals surface area contributed by atoms with Crippen LogP contribution >= 0.6 is 0 Å². The summed E-state index contributed by atoms with van der Waals surface area (Å²) in [5.41, 5.74) is 3.26. The van der Waals surface area contributed by atoms with Gasteiger partial charge in [-0.2, -0.15) is 0 Å². The van der Waals surface area contributed by atoms with Gasteiger partial charge in [-0.3, -0.25) is 4.90 Å². The van der Waals surface area contributed by atoms with E-state index in [1.165, 1.54) is 24.1 Å². The molecule has 140 valence electrons. The van der Waals surface area contributed by atoms with E-state index in [0.717, 1.165) is 24.5 Å². The highest BCUT2D eigenvalue weighted by molar-refractivity contribution is 5.89. The molecule has 0 bridgehead atoms. The van der Waals surface area contributed by atoms with Gasteiger partial charge in [0.1, 0.15) is 5.76 Å². The smallest absolute Gasteiger partial charge is 0.319 e. The number of benzene rings is 1. The van der Waals surface area contributed by atoms with E-state index in [1.807, 2.05) is 43.3 Å². The molecule has 3 rings (SSSR count). The first-order valence-corrected chi connectivity index (χ1v) is 9.15. The number of nitrogens with zero attached hydrogens (tertiary/aromatic N) is 2. The molecule has 1 fully saturated rings. The number of rotatable bonds is 6. The van der Waals surface area contributed by atoms with E-state index < -0.39 is 0 Å². The first-order chi connectivity index (χ1) is 12.5. The van der Waals surface area contributed by atoms with Gasteiger partial charge in [0.25, 0.3) is 0 Å². The van der Waals surface area contributed by atoms with Crippen LogP contribution in [0.2, 0.25) is 0 Å². The third-order valence-electron chi connectivity index (χ3n) is 4.85. The lowest BCUT2D eigenvalue weighted by atomic mass is 10.1. The van der Waals surface area contributed by atoms with Gasteiger partial charge < -0.3 is 20.0 Å². The van der Waals surface area contributed by atoms with E-state index in [0.29, 0.717) is 6.54 Å². The van der Waals surface area contributed by atoms with Gasteiger partial charge >= 0.3 is 6.03 Å². The van der Waals surface area contributed by atoms with Gasteiger partial charge in [-0.05, 0) is 69.8 Å². The summed E-state index contributed by atoms with van der Waals surface area (Å²) in [6.45, 7) is 4.80. The molecule has 0 aliphatic carbocycles. The maximum absolute atomic E-state index is 12.3. The SMILES string of the molecule is Cc1cc(NC(=O)NC[C@@H](c2ccco2)N(C)C)ccc1N1CCCC1. The number of likely N-dealkylation sites (N-methyl/N-ethyl adjacent to an activating group) is 1. The van der Waals surface area contributed by atoms with Crippen molar-refractivity contribution in [2.24, 2.45) is 0 Å². The maximum Gasteiger partial charge on any atom is 0.319 e. The second-order valence-electron chi connectivity index (χ2n) is 7.03. The van der Waals surface area contributed by atoms with Gasteiger partial charge in [-0.1, -0.05) is 0 Å². The Morgan fingerprint density at radius 2 is 2.04 bits per heavy atom. The summed E-state index contributed by atoms with van der Waals surface area (Å²) in [6, 6.07) is 9.66. The lowest BCUT2D eigenvalue weighted by molar-refractivity contribution is 0.233. The van der Waals surface area contributed by atoms with Crippen molar-refractivity contribution in [3.05, 3.63) is 47.9 Å². The molecule has 1 aliphatic heterocycles. The molecule has 1 saturated heterocycles. The Bertz CT molecular complexity index is 721. The average Bonchev–Trinajstić information content (AvgIpc) is 3.28. The van der Waals surface area contributed by atoms with E-state index in [2.05, 4.69) is 28.5 Å². The molecule has 1 aliphatic rings. The Hall–Kier alpha value is -2.47. The lowest BCUT2D eigenvalue weighted by Crippen LogP contribution is -2.36. The zero-order chi connectivity index (χ0) is 18.5. The summed E-state index contributed by atoms with van der Waals surface area (Å²) < 4.78 is 5.47. The van der Waals surface area contributed by atoms with E-state index in [9.17, 15) is 4.79 Å². The maximum atomic E-state index is 12.3. The minimum atomic E-state index is -0.211. The van der Waals surface area contributed by atoms with Crippen molar-refractivity contribution < 1.29 is 9.21 Å². The molecular weight excluding hydrogens is 328 g/mol. The summed E-state index contributed by atoms with van der Waals surface area (Å²) in [5.74, 6) is 0.834. The number of aryl methyl sites for hydroxylation is 1. The van der Waals surface area contributed by atoms with Gasteiger partial charge in [0.15, 0.2) is 0 Å². The number of hydrogen-bond acceptors (Lipinski definition) is 4. The summed E-state index contributed by atoms with van der Waals surface area (Å²) in [6.07, 6.45) is 4.16. The normalized spacial score (nSPS) is 15.3. The van der Waals surface area contributed by atoms with E-state index in [1.54, 1.807) is 6.26 Å². The quantitative estimate of drug-likeness (QED) is 0.830. The van der Waals surface area contributed by atoms with Crippen LogP contribution in [0.3, 0.4) is 0 Å². The van der Waals surface area contributed by atoms with Crippen LogP contribution in [0.4, 0.5) is 16.2 Å². The third kappa shape index (κ3) is 4.38. The Kier molecular flexibility index (Phi) is 5.83. The number of anilines is 2. The van der Waals surface area contributed by atoms with Crippen molar-refractivity contribution in [2.45, 2.75) is 25.8 Å². The van der Waals surface area contributed by atoms with Crippen LogP contribution in [0.5, 0.6) is 0 Å². The molecule has 0 unspecified atom stereocenters. The predicted octanol–water partition coefficient (Wildman–Crippen LogP) is 3.61. The topological polar surface area (TPSA) is 60.8 Å². The van der Waals surface area contributed by atoms with E-state index in [4.69, 9.17) is 4.42 Å². The summed E-state index contributed by atoms with van der Waals surface area (Å²) >= 11 is 0. The second-order valence-corrected chi connectivity index (χ2v) is 7.03. The highest BCUT2D eigenvalue weighted by atomic mass is 16.3. The standard InChI is InChI=1S/C20H28N4O2/c1-15-13-16(8-9-17(15)24-10-4-5-11-24)22-20(25)21-14-18(23(2)3)19-7-6-12-26-19/h6-9,12-13,18H,4-5,10-11,14H2,1-3H3,(H2,21,22,25)/t18-/m0/s1. The van der Waals surface area contributed by atoms with E-state index >= 15 is 0 Å². The first kappa shape index (κ1) is 18.3. The number of urea groups is 1. The number of carbonyl (C=O) groups excluding carboxylic acids is 1. The molecule has 26 heavy (non-hydrogen) atoms.